The van der Waals surface area contributed by atoms with Gasteiger partial charge < -0.3 is 9.80 Å². The van der Waals surface area contributed by atoms with Crippen molar-refractivity contribution in [3.05, 3.63) is 65.5 Å². The summed E-state index contributed by atoms with van der Waals surface area (Å²) in [5, 5.41) is 0. The Labute approximate surface area is 139 Å². The number of piperidine rings is 1. The van der Waals surface area contributed by atoms with Crippen LogP contribution in [0.15, 0.2) is 48.8 Å². The minimum Gasteiger partial charge on any atom is -0.331 e. The molecule has 4 rings (SSSR count). The zero-order chi connectivity index (χ0) is 15.5. The van der Waals surface area contributed by atoms with Crippen molar-refractivity contribution in [3.63, 3.8) is 0 Å². The van der Waals surface area contributed by atoms with Gasteiger partial charge in [0, 0.05) is 30.9 Å². The number of aromatic amines is 1. The van der Waals surface area contributed by atoms with Crippen LogP contribution in [-0.2, 0) is 19.5 Å². The Morgan fingerprint density at radius 2 is 1.78 bits per heavy atom. The highest BCUT2D eigenvalue weighted by molar-refractivity contribution is 5.27. The number of H-pyrrole nitrogens is 1. The molecule has 1 fully saturated rings. The van der Waals surface area contributed by atoms with Gasteiger partial charge in [0.05, 0.1) is 31.2 Å². The molecule has 0 radical (unpaired) electrons. The normalized spacial score (nSPS) is 27.4. The third-order valence-corrected chi connectivity index (χ3v) is 5.75. The van der Waals surface area contributed by atoms with Crippen molar-refractivity contribution in [1.82, 2.24) is 0 Å². The lowest BCUT2D eigenvalue weighted by Gasteiger charge is -2.36. The lowest BCUT2D eigenvalue weighted by Crippen LogP contribution is -3.20. The fourth-order valence-electron chi connectivity index (χ4n) is 4.39. The number of hydrogen-bond donors (Lipinski definition) is 2. The summed E-state index contributed by atoms with van der Waals surface area (Å²) in [4.78, 5) is 6.78. The van der Waals surface area contributed by atoms with Crippen LogP contribution in [0.25, 0.3) is 0 Å². The third-order valence-electron chi connectivity index (χ3n) is 5.75. The molecule has 2 aromatic rings. The number of pyridine rings is 1. The van der Waals surface area contributed by atoms with Gasteiger partial charge >= 0.3 is 0 Å². The van der Waals surface area contributed by atoms with E-state index in [0.29, 0.717) is 0 Å². The van der Waals surface area contributed by atoms with Crippen LogP contribution in [-0.4, -0.2) is 25.7 Å². The van der Waals surface area contributed by atoms with Gasteiger partial charge in [0.2, 0.25) is 0 Å². The third kappa shape index (κ3) is 3.46. The van der Waals surface area contributed by atoms with Gasteiger partial charge in [0.15, 0.2) is 12.4 Å². The number of aromatic nitrogens is 1. The first kappa shape index (κ1) is 14.9. The molecule has 1 saturated heterocycles. The maximum absolute atomic E-state index is 3.20. The molecular formula is C20H28N3+3. The highest BCUT2D eigenvalue weighted by atomic mass is 15.2. The molecule has 23 heavy (non-hydrogen) atoms. The first-order valence-electron chi connectivity index (χ1n) is 9.08. The topological polar surface area (TPSA) is 23.0 Å². The highest BCUT2D eigenvalue weighted by Gasteiger charge is 2.32. The second kappa shape index (κ2) is 6.81. The molecule has 0 saturated carbocycles. The number of likely N-dealkylation sites (tertiary alicyclic amines) is 1. The van der Waals surface area contributed by atoms with Crippen LogP contribution in [0, 0.1) is 0 Å². The average Bonchev–Trinajstić information content (AvgIpc) is 2.63. The molecule has 2 aliphatic heterocycles. The smallest absolute Gasteiger partial charge is 0.175 e. The minimum absolute atomic E-state index is 0.870. The van der Waals surface area contributed by atoms with Gasteiger partial charge in [0.1, 0.15) is 13.1 Å². The van der Waals surface area contributed by atoms with Crippen LogP contribution in [0.5, 0.6) is 0 Å². The Bertz CT molecular complexity index is 632. The molecule has 0 aliphatic carbocycles. The Balaban J connectivity index is 1.32. The van der Waals surface area contributed by atoms with Crippen LogP contribution in [0.3, 0.4) is 0 Å². The fraction of sp³-hybridized carbons (Fsp3) is 0.450. The number of hydrogen-bond acceptors (Lipinski definition) is 0. The molecule has 0 bridgehead atoms. The van der Waals surface area contributed by atoms with Crippen molar-refractivity contribution < 1.29 is 14.8 Å². The van der Waals surface area contributed by atoms with E-state index in [1.807, 2.05) is 11.1 Å². The second-order valence-corrected chi connectivity index (χ2v) is 7.22. The number of benzene rings is 1. The van der Waals surface area contributed by atoms with Crippen LogP contribution >= 0.6 is 0 Å². The van der Waals surface area contributed by atoms with Gasteiger partial charge in [-0.3, -0.25) is 0 Å². The molecule has 1 aromatic heterocycles. The quantitative estimate of drug-likeness (QED) is 0.777. The van der Waals surface area contributed by atoms with E-state index in [1.54, 1.807) is 16.0 Å². The summed E-state index contributed by atoms with van der Waals surface area (Å²) in [5.41, 5.74) is 4.60. The molecule has 3 heteroatoms. The molecule has 1 atom stereocenters. The molecule has 3 heterocycles. The maximum atomic E-state index is 3.20. The highest BCUT2D eigenvalue weighted by Crippen LogP contribution is 2.11. The molecule has 3 nitrogen and oxygen atoms in total. The van der Waals surface area contributed by atoms with Crippen LogP contribution in [0.4, 0.5) is 0 Å². The van der Waals surface area contributed by atoms with Gasteiger partial charge in [0.25, 0.3) is 0 Å². The summed E-state index contributed by atoms with van der Waals surface area (Å²) in [7, 11) is 0. The fourth-order valence-corrected chi connectivity index (χ4v) is 4.39. The maximum Gasteiger partial charge on any atom is 0.175 e. The Kier molecular flexibility index (Phi) is 4.40. The van der Waals surface area contributed by atoms with Crippen LogP contribution in [0.2, 0.25) is 0 Å². The van der Waals surface area contributed by atoms with Gasteiger partial charge in [-0.15, -0.1) is 0 Å². The van der Waals surface area contributed by atoms with Crippen molar-refractivity contribution in [1.29, 1.82) is 0 Å². The van der Waals surface area contributed by atoms with E-state index in [9.17, 15) is 0 Å². The summed E-state index contributed by atoms with van der Waals surface area (Å²) in [6.07, 6.45) is 8.15. The van der Waals surface area contributed by atoms with E-state index in [1.165, 1.54) is 57.5 Å². The molecule has 0 spiro atoms. The van der Waals surface area contributed by atoms with E-state index in [0.717, 1.165) is 6.04 Å². The lowest BCUT2D eigenvalue weighted by atomic mass is 9.95. The molecule has 3 N–H and O–H groups in total. The van der Waals surface area contributed by atoms with Crippen molar-refractivity contribution in [3.8, 4) is 0 Å². The first-order chi connectivity index (χ1) is 11.4. The molecule has 120 valence electrons. The molecule has 0 amide bonds. The predicted octanol–water partition coefficient (Wildman–Crippen LogP) is -0.311. The minimum atomic E-state index is 0.870. The summed E-state index contributed by atoms with van der Waals surface area (Å²) >= 11 is 0. The average molecular weight is 310 g/mol. The first-order valence-corrected chi connectivity index (χ1v) is 9.08. The predicted molar refractivity (Wildman–Crippen MR) is 90.1 cm³/mol. The largest absolute Gasteiger partial charge is 0.331 e. The SMILES string of the molecule is c1c[nH+]cc(C[NH+]2CCC([NH+]3CCc4ccccc4C3)CC2)c1. The summed E-state index contributed by atoms with van der Waals surface area (Å²) in [5.74, 6) is 0. The standard InChI is InChI=1S/C20H25N3/c1-2-6-19-16-23(13-7-18(19)5-1)20-8-11-22(12-9-20)15-17-4-3-10-21-14-17/h1-6,10,14,20H,7-9,11-13,15-16H2/p+3. The molecular weight excluding hydrogens is 282 g/mol. The zero-order valence-electron chi connectivity index (χ0n) is 13.9. The lowest BCUT2D eigenvalue weighted by molar-refractivity contribution is -0.972. The van der Waals surface area contributed by atoms with E-state index < -0.39 is 0 Å². The van der Waals surface area contributed by atoms with Gasteiger partial charge in [-0.1, -0.05) is 24.3 Å². The molecule has 1 unspecified atom stereocenters. The Morgan fingerprint density at radius 3 is 2.57 bits per heavy atom. The summed E-state index contributed by atoms with van der Waals surface area (Å²) in [6.45, 7) is 6.38. The number of nitrogens with one attached hydrogen (secondary N) is 3. The zero-order valence-corrected chi connectivity index (χ0v) is 13.9. The Hall–Kier alpha value is -1.71. The van der Waals surface area contributed by atoms with Crippen LogP contribution < -0.4 is 14.8 Å². The van der Waals surface area contributed by atoms with Gasteiger partial charge in [-0.2, -0.15) is 0 Å². The van der Waals surface area contributed by atoms with E-state index in [2.05, 4.69) is 47.6 Å². The molecule has 2 aliphatic rings. The van der Waals surface area contributed by atoms with Crippen molar-refractivity contribution >= 4 is 0 Å². The monoisotopic (exact) mass is 310 g/mol. The summed E-state index contributed by atoms with van der Waals surface area (Å²) < 4.78 is 0. The van der Waals surface area contributed by atoms with Crippen molar-refractivity contribution in [2.24, 2.45) is 0 Å². The van der Waals surface area contributed by atoms with Gasteiger partial charge in [-0.05, 0) is 11.6 Å². The van der Waals surface area contributed by atoms with Crippen molar-refractivity contribution in [2.45, 2.75) is 38.4 Å². The second-order valence-electron chi connectivity index (χ2n) is 7.22. The van der Waals surface area contributed by atoms with Gasteiger partial charge in [-0.25, -0.2) is 4.98 Å². The Morgan fingerprint density at radius 1 is 0.957 bits per heavy atom. The molecule has 1 aromatic carbocycles. The summed E-state index contributed by atoms with van der Waals surface area (Å²) in [6, 6.07) is 14.3. The number of rotatable bonds is 3. The van der Waals surface area contributed by atoms with E-state index >= 15 is 0 Å². The van der Waals surface area contributed by atoms with E-state index in [4.69, 9.17) is 0 Å². The van der Waals surface area contributed by atoms with Crippen molar-refractivity contribution in [2.75, 3.05) is 19.6 Å². The van der Waals surface area contributed by atoms with E-state index in [-0.39, 0.29) is 0 Å². The van der Waals surface area contributed by atoms with Crippen LogP contribution in [0.1, 0.15) is 29.5 Å². The number of quaternary nitrogens is 2. The number of fused-ring (bicyclic) bond motifs is 1.